The summed E-state index contributed by atoms with van der Waals surface area (Å²) in [6, 6.07) is 27.0. The third kappa shape index (κ3) is 3.80. The number of benzene rings is 4. The quantitative estimate of drug-likeness (QED) is 0.104. The molecule has 1 saturated heterocycles. The molecule has 0 unspecified atom stereocenters. The summed E-state index contributed by atoms with van der Waals surface area (Å²) in [5.74, 6) is -3.90. The number of imide groups is 1. The lowest BCUT2D eigenvalue weighted by Gasteiger charge is -2.54. The van der Waals surface area contributed by atoms with Crippen molar-refractivity contribution in [3.05, 3.63) is 135 Å². The Bertz CT molecular complexity index is 1730. The lowest BCUT2D eigenvalue weighted by atomic mass is 9.54. The van der Waals surface area contributed by atoms with Crippen LogP contribution in [0, 0.1) is 11.8 Å². The van der Waals surface area contributed by atoms with Gasteiger partial charge >= 0.3 is 5.97 Å². The van der Waals surface area contributed by atoms with Crippen molar-refractivity contribution in [2.75, 3.05) is 4.90 Å². The highest BCUT2D eigenvalue weighted by Crippen LogP contribution is 2.69. The first-order valence-corrected chi connectivity index (χ1v) is 14.8. The number of anilines is 1. The van der Waals surface area contributed by atoms with Crippen molar-refractivity contribution in [1.82, 2.24) is 0 Å². The fraction of sp³-hybridized carbons (Fsp3) is 0.176. The second-order valence-corrected chi connectivity index (χ2v) is 12.6. The molecule has 4 aliphatic rings. The van der Waals surface area contributed by atoms with Gasteiger partial charge in [-0.2, -0.15) is 0 Å². The van der Waals surface area contributed by atoms with Crippen LogP contribution in [0.2, 0.25) is 5.02 Å². The second-order valence-electron chi connectivity index (χ2n) is 10.9. The van der Waals surface area contributed by atoms with E-state index in [9.17, 15) is 19.2 Å². The van der Waals surface area contributed by atoms with Gasteiger partial charge in [-0.1, -0.05) is 60.1 Å². The first kappa shape index (κ1) is 27.8. The van der Waals surface area contributed by atoms with E-state index in [4.69, 9.17) is 39.5 Å². The molecule has 0 radical (unpaired) electrons. The number of Topliss-reactive ketones (excluding diaryl/α,β-unsaturated/α-hetero) is 1. The van der Waals surface area contributed by atoms with Crippen LogP contribution in [0.1, 0.15) is 49.9 Å². The highest BCUT2D eigenvalue weighted by molar-refractivity contribution is 6.38. The van der Waals surface area contributed by atoms with E-state index in [1.54, 1.807) is 24.3 Å². The van der Waals surface area contributed by atoms with Crippen molar-refractivity contribution in [3.63, 3.8) is 0 Å². The summed E-state index contributed by atoms with van der Waals surface area (Å²) < 4.78 is 5.40. The fourth-order valence-electron chi connectivity index (χ4n) is 6.80. The molecule has 3 atom stereocenters. The minimum atomic E-state index is -1.29. The van der Waals surface area contributed by atoms with E-state index in [1.807, 2.05) is 48.5 Å². The number of carbonyl (C=O) groups is 4. The Morgan fingerprint density at radius 3 is 1.56 bits per heavy atom. The number of nitrogens with zero attached hydrogens (tertiary/aromatic N) is 1. The number of rotatable bonds is 5. The van der Waals surface area contributed by atoms with Crippen molar-refractivity contribution in [2.45, 2.75) is 22.8 Å². The highest BCUT2D eigenvalue weighted by Gasteiger charge is 2.73. The van der Waals surface area contributed by atoms with Crippen LogP contribution in [0.25, 0.3) is 0 Å². The van der Waals surface area contributed by atoms with Gasteiger partial charge < -0.3 is 4.74 Å². The molecule has 9 heteroatoms. The number of esters is 1. The molecule has 0 N–H and O–H groups in total. The molecule has 2 amide bonds. The van der Waals surface area contributed by atoms with Gasteiger partial charge in [-0.05, 0) is 77.7 Å². The Kier molecular flexibility index (Phi) is 6.33. The van der Waals surface area contributed by atoms with Crippen LogP contribution in [-0.4, -0.2) is 29.7 Å². The Morgan fingerprint density at radius 1 is 0.698 bits per heavy atom. The van der Waals surface area contributed by atoms with Crippen LogP contribution in [0.5, 0.6) is 0 Å². The maximum atomic E-state index is 14.1. The summed E-state index contributed by atoms with van der Waals surface area (Å²) >= 11 is 20.8. The third-order valence-electron chi connectivity index (χ3n) is 8.73. The Balaban J connectivity index is 1.19. The summed E-state index contributed by atoms with van der Waals surface area (Å²) in [4.78, 5) is 52.4. The molecule has 0 aromatic heterocycles. The van der Waals surface area contributed by atoms with Crippen LogP contribution in [0.4, 0.5) is 5.69 Å². The van der Waals surface area contributed by atoms with Gasteiger partial charge in [-0.25, -0.2) is 9.69 Å². The molecule has 4 aromatic carbocycles. The summed E-state index contributed by atoms with van der Waals surface area (Å²) in [6.45, 7) is 1.49. The minimum Gasteiger partial charge on any atom is -0.451 e. The predicted octanol–water partition coefficient (Wildman–Crippen LogP) is 6.87. The average molecular weight is 631 g/mol. The summed E-state index contributed by atoms with van der Waals surface area (Å²) in [5, 5.41) is 0.486. The molecule has 3 aliphatic carbocycles. The second kappa shape index (κ2) is 9.78. The lowest BCUT2D eigenvalue weighted by molar-refractivity contribution is -0.122. The van der Waals surface area contributed by atoms with Crippen LogP contribution in [-0.2, 0) is 24.1 Å². The molecule has 0 spiro atoms. The smallest absolute Gasteiger partial charge is 0.338 e. The molecule has 1 fully saturated rings. The van der Waals surface area contributed by atoms with E-state index >= 15 is 0 Å². The van der Waals surface area contributed by atoms with Crippen molar-refractivity contribution < 1.29 is 23.9 Å². The van der Waals surface area contributed by atoms with Crippen molar-refractivity contribution in [3.8, 4) is 0 Å². The van der Waals surface area contributed by atoms with Crippen molar-refractivity contribution in [1.29, 1.82) is 0 Å². The van der Waals surface area contributed by atoms with Gasteiger partial charge in [0.05, 0.1) is 23.1 Å². The standard InChI is InChI=1S/C34H22Cl3NO5/c1-18(29(39)19-10-14-21(35)15-11-19)43-32(42)20-12-16-22(17-13-20)38-30(40)27-28(31(38)41)34(37)24-7-3-2-6-23(24)33(27,36)25-8-4-5-9-26(25)34/h2-18,27-28H,1H3/t18-,27+,28+,33?,34?/m0/s1. The highest BCUT2D eigenvalue weighted by atomic mass is 35.5. The van der Waals surface area contributed by atoms with Gasteiger partial charge in [0.25, 0.3) is 0 Å². The molecular weight excluding hydrogens is 609 g/mol. The van der Waals surface area contributed by atoms with Crippen LogP contribution >= 0.6 is 34.8 Å². The van der Waals surface area contributed by atoms with E-state index in [1.165, 1.54) is 31.2 Å². The molecule has 1 heterocycles. The molecular formula is C34H22Cl3NO5. The number of halogens is 3. The van der Waals surface area contributed by atoms with Crippen molar-refractivity contribution >= 4 is 64.1 Å². The Hall–Kier alpha value is -3.97. The van der Waals surface area contributed by atoms with E-state index < -0.39 is 45.5 Å². The van der Waals surface area contributed by atoms with Gasteiger partial charge in [-0.3, -0.25) is 14.4 Å². The van der Waals surface area contributed by atoms with Crippen molar-refractivity contribution in [2.24, 2.45) is 11.8 Å². The number of alkyl halides is 2. The monoisotopic (exact) mass is 629 g/mol. The van der Waals surface area contributed by atoms with Gasteiger partial charge in [0.15, 0.2) is 6.10 Å². The van der Waals surface area contributed by atoms with Crippen LogP contribution in [0.15, 0.2) is 97.1 Å². The molecule has 2 bridgehead atoms. The molecule has 214 valence electrons. The minimum absolute atomic E-state index is 0.151. The normalized spacial score (nSPS) is 25.5. The predicted molar refractivity (Wildman–Crippen MR) is 163 cm³/mol. The number of hydrogen-bond acceptors (Lipinski definition) is 5. The summed E-state index contributed by atoms with van der Waals surface area (Å²) in [7, 11) is 0. The van der Waals surface area contributed by atoms with Crippen LogP contribution < -0.4 is 4.90 Å². The Morgan fingerprint density at radius 2 is 1.12 bits per heavy atom. The lowest BCUT2D eigenvalue weighted by Crippen LogP contribution is -2.57. The first-order chi connectivity index (χ1) is 20.6. The number of amides is 2. The topological polar surface area (TPSA) is 80.8 Å². The number of carbonyl (C=O) groups excluding carboxylic acids is 4. The average Bonchev–Trinajstić information content (AvgIpc) is 3.30. The fourth-order valence-corrected chi connectivity index (χ4v) is 8.02. The van der Waals surface area contributed by atoms with E-state index in [-0.39, 0.29) is 17.0 Å². The van der Waals surface area contributed by atoms with Gasteiger partial charge in [0.2, 0.25) is 17.6 Å². The van der Waals surface area contributed by atoms with E-state index in [0.29, 0.717) is 10.6 Å². The van der Waals surface area contributed by atoms with E-state index in [0.717, 1.165) is 27.2 Å². The zero-order chi connectivity index (χ0) is 30.3. The SMILES string of the molecule is C[C@H](OC(=O)c1ccc(N2C(=O)[C@H]3[C@H](C2=O)C2(Cl)c4ccccc4C3(Cl)c3ccccc32)cc1)C(=O)c1ccc(Cl)cc1. The number of ketones is 1. The van der Waals surface area contributed by atoms with Gasteiger partial charge in [-0.15, -0.1) is 23.2 Å². The molecule has 1 aliphatic heterocycles. The third-order valence-corrected chi connectivity index (χ3v) is 10.3. The molecule has 0 saturated carbocycles. The first-order valence-electron chi connectivity index (χ1n) is 13.6. The summed E-state index contributed by atoms with van der Waals surface area (Å²) in [5.41, 5.74) is 3.66. The van der Waals surface area contributed by atoms with E-state index in [2.05, 4.69) is 0 Å². The summed E-state index contributed by atoms with van der Waals surface area (Å²) in [6.07, 6.45) is -1.04. The molecule has 4 aromatic rings. The zero-order valence-corrected chi connectivity index (χ0v) is 24.9. The number of ether oxygens (including phenoxy) is 1. The van der Waals surface area contributed by atoms with Gasteiger partial charge in [0, 0.05) is 10.6 Å². The largest absolute Gasteiger partial charge is 0.451 e. The molecule has 43 heavy (non-hydrogen) atoms. The molecule has 6 nitrogen and oxygen atoms in total. The molecule has 8 rings (SSSR count). The number of hydrogen-bond donors (Lipinski definition) is 0. The van der Waals surface area contributed by atoms with Crippen LogP contribution in [0.3, 0.4) is 0 Å². The maximum absolute atomic E-state index is 14.1. The zero-order valence-electron chi connectivity index (χ0n) is 22.6. The Labute approximate surface area is 262 Å². The van der Waals surface area contributed by atoms with Gasteiger partial charge in [0.1, 0.15) is 9.75 Å². The maximum Gasteiger partial charge on any atom is 0.338 e.